The van der Waals surface area contributed by atoms with Crippen molar-refractivity contribution in [3.05, 3.63) is 200 Å². The molecule has 0 N–H and O–H groups in total. The van der Waals surface area contributed by atoms with Gasteiger partial charge in [0.25, 0.3) is 0 Å². The fraction of sp³-hybridized carbons (Fsp3) is 0.0909. The molecule has 0 bridgehead atoms. The van der Waals surface area contributed by atoms with E-state index in [-0.39, 0.29) is 0 Å². The molecule has 0 aliphatic heterocycles. The van der Waals surface area contributed by atoms with Crippen molar-refractivity contribution < 1.29 is 0 Å². The van der Waals surface area contributed by atoms with Crippen LogP contribution in [-0.2, 0) is 10.8 Å². The number of allylic oxidation sites excluding steroid dienone is 2. The number of fused-ring (bicyclic) bond motifs is 17. The molecule has 206 valence electrons. The molecule has 0 fully saturated rings. The number of aryl methyl sites for hydroxylation is 2. The normalized spacial score (nSPS) is 16.6. The second kappa shape index (κ2) is 8.24. The fourth-order valence-electron chi connectivity index (χ4n) is 9.25. The van der Waals surface area contributed by atoms with Gasteiger partial charge in [-0.3, -0.25) is 0 Å². The van der Waals surface area contributed by atoms with Gasteiger partial charge in [0.1, 0.15) is 0 Å². The minimum atomic E-state index is -0.430. The fourth-order valence-corrected chi connectivity index (χ4v) is 9.25. The maximum atomic E-state index is 2.54. The van der Waals surface area contributed by atoms with Gasteiger partial charge in [-0.25, -0.2) is 0 Å². The van der Waals surface area contributed by atoms with E-state index in [2.05, 4.69) is 159 Å². The molecule has 44 heavy (non-hydrogen) atoms. The Labute approximate surface area is 258 Å². The van der Waals surface area contributed by atoms with Gasteiger partial charge < -0.3 is 0 Å². The molecule has 0 amide bonds. The summed E-state index contributed by atoms with van der Waals surface area (Å²) in [5.74, 6) is 0. The van der Waals surface area contributed by atoms with Gasteiger partial charge in [0.15, 0.2) is 0 Å². The van der Waals surface area contributed by atoms with Crippen LogP contribution in [0.15, 0.2) is 145 Å². The smallest absolute Gasteiger partial charge is 0.0619 e. The third kappa shape index (κ3) is 2.67. The molecule has 0 nitrogen and oxygen atoms in total. The van der Waals surface area contributed by atoms with Gasteiger partial charge >= 0.3 is 0 Å². The van der Waals surface area contributed by atoms with Crippen LogP contribution in [0.4, 0.5) is 0 Å². The maximum absolute atomic E-state index is 2.54. The zero-order valence-electron chi connectivity index (χ0n) is 24.9. The van der Waals surface area contributed by atoms with Gasteiger partial charge in [0, 0.05) is 0 Å². The van der Waals surface area contributed by atoms with E-state index in [0.29, 0.717) is 0 Å². The van der Waals surface area contributed by atoms with Gasteiger partial charge in [-0.05, 0) is 104 Å². The van der Waals surface area contributed by atoms with E-state index < -0.39 is 10.8 Å². The SMILES string of the molecule is Cc1ccc2c(c1)C1(C3=Cc4ccc(C)cc4C4(C3=C2)c2ccccc2-c2ccccc24)c2ccccc2-c2ccccc21. The molecule has 6 aromatic carbocycles. The van der Waals surface area contributed by atoms with Crippen molar-refractivity contribution in [1.29, 1.82) is 0 Å². The molecular weight excluding hydrogens is 528 g/mol. The van der Waals surface area contributed by atoms with Crippen molar-refractivity contribution in [3.63, 3.8) is 0 Å². The Balaban J connectivity index is 1.45. The number of hydrogen-bond donors (Lipinski definition) is 0. The predicted molar refractivity (Wildman–Crippen MR) is 182 cm³/mol. The van der Waals surface area contributed by atoms with Gasteiger partial charge in [0.2, 0.25) is 0 Å². The molecule has 6 aromatic rings. The van der Waals surface area contributed by atoms with E-state index in [4.69, 9.17) is 0 Å². The van der Waals surface area contributed by atoms with Crippen LogP contribution >= 0.6 is 0 Å². The summed E-state index contributed by atoms with van der Waals surface area (Å²) in [6.07, 6.45) is 5.08. The average molecular weight is 559 g/mol. The molecule has 4 aliphatic rings. The van der Waals surface area contributed by atoms with Gasteiger partial charge in [0.05, 0.1) is 10.8 Å². The second-order valence-electron chi connectivity index (χ2n) is 13.0. The van der Waals surface area contributed by atoms with Crippen LogP contribution in [0.1, 0.15) is 55.6 Å². The molecule has 0 saturated heterocycles. The molecule has 2 spiro atoms. The highest BCUT2D eigenvalue weighted by atomic mass is 14.6. The second-order valence-corrected chi connectivity index (χ2v) is 13.0. The molecule has 0 atom stereocenters. The third-order valence-corrected chi connectivity index (χ3v) is 10.8. The highest BCUT2D eigenvalue weighted by Crippen LogP contribution is 2.68. The van der Waals surface area contributed by atoms with Gasteiger partial charge in [-0.1, -0.05) is 145 Å². The van der Waals surface area contributed by atoms with Crippen LogP contribution in [-0.4, -0.2) is 0 Å². The largest absolute Gasteiger partial charge is 0.0722 e. The number of hydrogen-bond acceptors (Lipinski definition) is 0. The quantitative estimate of drug-likeness (QED) is 0.174. The lowest BCUT2D eigenvalue weighted by molar-refractivity contribution is 0.669. The molecule has 0 aromatic heterocycles. The number of rotatable bonds is 0. The molecule has 10 rings (SSSR count). The molecule has 0 radical (unpaired) electrons. The highest BCUT2D eigenvalue weighted by molar-refractivity contribution is 5.99. The number of benzene rings is 6. The van der Waals surface area contributed by atoms with Crippen LogP contribution in [0.5, 0.6) is 0 Å². The Hall–Kier alpha value is -5.20. The Bertz CT molecular complexity index is 2050. The first-order valence-corrected chi connectivity index (χ1v) is 15.7. The zero-order valence-corrected chi connectivity index (χ0v) is 24.9. The first-order valence-electron chi connectivity index (χ1n) is 15.7. The van der Waals surface area contributed by atoms with Crippen LogP contribution in [0, 0.1) is 13.8 Å². The van der Waals surface area contributed by atoms with Gasteiger partial charge in [-0.2, -0.15) is 0 Å². The summed E-state index contributed by atoms with van der Waals surface area (Å²) in [5.41, 5.74) is 20.8. The molecule has 0 heteroatoms. The maximum Gasteiger partial charge on any atom is 0.0722 e. The van der Waals surface area contributed by atoms with Gasteiger partial charge in [-0.15, -0.1) is 0 Å². The first kappa shape index (κ1) is 24.3. The Kier molecular flexibility index (Phi) is 4.55. The lowest BCUT2D eigenvalue weighted by atomic mass is 9.52. The van der Waals surface area contributed by atoms with Crippen molar-refractivity contribution >= 4 is 12.2 Å². The topological polar surface area (TPSA) is 0 Å². The minimum Gasteiger partial charge on any atom is -0.0619 e. The first-order chi connectivity index (χ1) is 21.6. The third-order valence-electron chi connectivity index (χ3n) is 10.8. The monoisotopic (exact) mass is 558 g/mol. The van der Waals surface area contributed by atoms with E-state index in [9.17, 15) is 0 Å². The lowest BCUT2D eigenvalue weighted by Crippen LogP contribution is -2.42. The molecule has 0 saturated carbocycles. The average Bonchev–Trinajstić information content (AvgIpc) is 3.52. The van der Waals surface area contributed by atoms with Crippen molar-refractivity contribution in [3.8, 4) is 22.3 Å². The van der Waals surface area contributed by atoms with Crippen molar-refractivity contribution in [1.82, 2.24) is 0 Å². The predicted octanol–water partition coefficient (Wildman–Crippen LogP) is 10.4. The standard InChI is InChI=1S/C44H30/c1-27-19-21-29-25-42-41(43(39(29)23-27)35-15-7-3-11-31(35)32-12-4-8-16-36(32)43)26-30-22-20-28(2)24-40(30)44(42)37-17-9-5-13-33(37)34-14-6-10-18-38(34)44/h3-26H,1-2H3. The van der Waals surface area contributed by atoms with Crippen molar-refractivity contribution in [2.24, 2.45) is 0 Å². The minimum absolute atomic E-state index is 0.430. The summed E-state index contributed by atoms with van der Waals surface area (Å²) < 4.78 is 0. The zero-order chi connectivity index (χ0) is 29.2. The summed E-state index contributed by atoms with van der Waals surface area (Å²) in [6.45, 7) is 4.47. The molecular formula is C44H30. The molecule has 0 heterocycles. The summed E-state index contributed by atoms with van der Waals surface area (Å²) in [5, 5.41) is 0. The van der Waals surface area contributed by atoms with E-state index >= 15 is 0 Å². The highest BCUT2D eigenvalue weighted by Gasteiger charge is 2.58. The molecule has 0 unspecified atom stereocenters. The summed E-state index contributed by atoms with van der Waals surface area (Å²) in [4.78, 5) is 0. The van der Waals surface area contributed by atoms with E-state index in [0.717, 1.165) is 0 Å². The van der Waals surface area contributed by atoms with Crippen LogP contribution in [0.2, 0.25) is 0 Å². The van der Waals surface area contributed by atoms with E-state index in [1.165, 1.54) is 89.0 Å². The summed E-state index contributed by atoms with van der Waals surface area (Å²) >= 11 is 0. The summed E-state index contributed by atoms with van der Waals surface area (Å²) in [7, 11) is 0. The van der Waals surface area contributed by atoms with Crippen LogP contribution in [0.3, 0.4) is 0 Å². The molecule has 4 aliphatic carbocycles. The summed E-state index contributed by atoms with van der Waals surface area (Å²) in [6, 6.07) is 50.8. The lowest BCUT2D eigenvalue weighted by Gasteiger charge is -2.49. The Morgan fingerprint density at radius 2 is 0.659 bits per heavy atom. The van der Waals surface area contributed by atoms with Crippen LogP contribution in [0.25, 0.3) is 34.4 Å². The Morgan fingerprint density at radius 1 is 0.341 bits per heavy atom. The van der Waals surface area contributed by atoms with E-state index in [1.54, 1.807) is 0 Å². The van der Waals surface area contributed by atoms with Crippen LogP contribution < -0.4 is 0 Å². The van der Waals surface area contributed by atoms with E-state index in [1.807, 2.05) is 0 Å². The van der Waals surface area contributed by atoms with Crippen molar-refractivity contribution in [2.75, 3.05) is 0 Å². The van der Waals surface area contributed by atoms with Crippen molar-refractivity contribution in [2.45, 2.75) is 24.7 Å². The Morgan fingerprint density at radius 3 is 1.00 bits per heavy atom.